The molecular weight excluding hydrogens is 429 g/mol. The molecule has 0 unspecified atom stereocenters. The predicted octanol–water partition coefficient (Wildman–Crippen LogP) is 3.72. The van der Waals surface area contributed by atoms with Gasteiger partial charge in [0.2, 0.25) is 0 Å². The highest BCUT2D eigenvalue weighted by molar-refractivity contribution is 6.34. The van der Waals surface area contributed by atoms with Crippen LogP contribution >= 0.6 is 23.2 Å². The van der Waals surface area contributed by atoms with Crippen LogP contribution in [0.5, 0.6) is 5.75 Å². The minimum atomic E-state index is -0.892. The minimum Gasteiger partial charge on any atom is -0.446 e. The Kier molecular flexibility index (Phi) is 7.34. The number of nitro benzene ring substituents is 1. The van der Waals surface area contributed by atoms with Gasteiger partial charge in [-0.05, 0) is 24.3 Å². The number of carbonyl (C=O) groups is 3. The first-order chi connectivity index (χ1) is 13.7. The van der Waals surface area contributed by atoms with E-state index in [9.17, 15) is 24.5 Å². The molecule has 2 aromatic carbocycles. The van der Waals surface area contributed by atoms with Gasteiger partial charge in [-0.1, -0.05) is 23.2 Å². The summed E-state index contributed by atoms with van der Waals surface area (Å²) in [5, 5.41) is 13.4. The quantitative estimate of drug-likeness (QED) is 0.300. The van der Waals surface area contributed by atoms with Crippen molar-refractivity contribution in [1.82, 2.24) is 4.90 Å². The summed E-state index contributed by atoms with van der Waals surface area (Å²) in [6, 6.07) is 7.49. The van der Waals surface area contributed by atoms with E-state index in [2.05, 4.69) is 10.1 Å². The fourth-order valence-electron chi connectivity index (χ4n) is 2.04. The molecule has 0 saturated carbocycles. The number of carbonyl (C=O) groups excluding carboxylic acids is 3. The average Bonchev–Trinajstić information content (AvgIpc) is 2.68. The van der Waals surface area contributed by atoms with E-state index in [1.165, 1.54) is 37.4 Å². The molecule has 2 aromatic rings. The molecular formula is C17H13Cl2N3O7. The van der Waals surface area contributed by atoms with Crippen molar-refractivity contribution in [2.45, 2.75) is 0 Å². The largest absolute Gasteiger partial charge is 0.446 e. The van der Waals surface area contributed by atoms with Gasteiger partial charge < -0.3 is 14.8 Å². The number of anilines is 1. The Bertz CT molecular complexity index is 968. The van der Waals surface area contributed by atoms with Gasteiger partial charge in [0.25, 0.3) is 18.1 Å². The molecule has 29 heavy (non-hydrogen) atoms. The predicted molar refractivity (Wildman–Crippen MR) is 103 cm³/mol. The molecule has 2 rings (SSSR count). The van der Waals surface area contributed by atoms with E-state index in [4.69, 9.17) is 27.9 Å². The van der Waals surface area contributed by atoms with Gasteiger partial charge in [0, 0.05) is 24.2 Å². The van der Waals surface area contributed by atoms with Crippen molar-refractivity contribution >= 4 is 53.0 Å². The van der Waals surface area contributed by atoms with Crippen LogP contribution in [0.3, 0.4) is 0 Å². The summed E-state index contributed by atoms with van der Waals surface area (Å²) in [5.74, 6) is -0.842. The molecule has 1 N–H and O–H groups in total. The van der Waals surface area contributed by atoms with Gasteiger partial charge in [0.05, 0.1) is 21.2 Å². The molecule has 0 aliphatic carbocycles. The molecule has 2 amide bonds. The Morgan fingerprint density at radius 3 is 2.59 bits per heavy atom. The summed E-state index contributed by atoms with van der Waals surface area (Å²) >= 11 is 11.9. The van der Waals surface area contributed by atoms with Crippen molar-refractivity contribution in [3.8, 4) is 5.75 Å². The van der Waals surface area contributed by atoms with E-state index in [0.717, 1.165) is 11.0 Å². The molecule has 0 saturated heterocycles. The van der Waals surface area contributed by atoms with Crippen LogP contribution in [0.25, 0.3) is 0 Å². The van der Waals surface area contributed by atoms with Gasteiger partial charge in [-0.2, -0.15) is 0 Å². The van der Waals surface area contributed by atoms with E-state index in [-0.39, 0.29) is 45.9 Å². The molecule has 12 heteroatoms. The third kappa shape index (κ3) is 5.80. The van der Waals surface area contributed by atoms with Crippen molar-refractivity contribution < 1.29 is 28.8 Å². The average molecular weight is 442 g/mol. The van der Waals surface area contributed by atoms with E-state index < -0.39 is 16.9 Å². The number of rotatable bonds is 7. The Morgan fingerprint density at radius 2 is 1.97 bits per heavy atom. The monoisotopic (exact) mass is 441 g/mol. The third-order valence-corrected chi connectivity index (χ3v) is 3.99. The number of nitrogens with one attached hydrogen (secondary N) is 1. The summed E-state index contributed by atoms with van der Waals surface area (Å²) in [7, 11) is 1.32. The molecule has 0 heterocycles. The summed E-state index contributed by atoms with van der Waals surface area (Å²) in [5.41, 5.74) is -0.230. The van der Waals surface area contributed by atoms with Crippen LogP contribution in [0, 0.1) is 10.1 Å². The molecule has 152 valence electrons. The van der Waals surface area contributed by atoms with Gasteiger partial charge in [-0.3, -0.25) is 24.6 Å². The van der Waals surface area contributed by atoms with E-state index >= 15 is 0 Å². The Hall–Kier alpha value is -3.37. The summed E-state index contributed by atoms with van der Waals surface area (Å²) < 4.78 is 9.60. The van der Waals surface area contributed by atoms with Gasteiger partial charge in [0.15, 0.2) is 6.73 Å². The lowest BCUT2D eigenvalue weighted by Gasteiger charge is -2.17. The second-order valence-electron chi connectivity index (χ2n) is 5.47. The molecule has 0 fully saturated rings. The number of benzene rings is 2. The molecule has 0 atom stereocenters. The van der Waals surface area contributed by atoms with Gasteiger partial charge >= 0.3 is 6.09 Å². The molecule has 0 bridgehead atoms. The van der Waals surface area contributed by atoms with Crippen LogP contribution in [-0.4, -0.2) is 42.1 Å². The van der Waals surface area contributed by atoms with Gasteiger partial charge in [-0.15, -0.1) is 0 Å². The summed E-state index contributed by atoms with van der Waals surface area (Å²) in [4.78, 5) is 46.0. The zero-order valence-electron chi connectivity index (χ0n) is 14.8. The first-order valence-corrected chi connectivity index (χ1v) is 8.51. The van der Waals surface area contributed by atoms with E-state index in [1.807, 2.05) is 0 Å². The number of nitro groups is 1. The maximum atomic E-state index is 12.6. The second kappa shape index (κ2) is 9.71. The Morgan fingerprint density at radius 1 is 1.24 bits per heavy atom. The van der Waals surface area contributed by atoms with Crippen molar-refractivity contribution in [2.75, 3.05) is 19.1 Å². The minimum absolute atomic E-state index is 0.0566. The Labute approximate surface area is 174 Å². The van der Waals surface area contributed by atoms with Gasteiger partial charge in [-0.25, -0.2) is 4.79 Å². The molecule has 0 radical (unpaired) electrons. The number of nitrogens with zero attached hydrogens (tertiary/aromatic N) is 2. The zero-order chi connectivity index (χ0) is 21.6. The highest BCUT2D eigenvalue weighted by Crippen LogP contribution is 2.29. The van der Waals surface area contributed by atoms with Crippen LogP contribution in [0.15, 0.2) is 36.4 Å². The number of hydrogen-bond acceptors (Lipinski definition) is 7. The first kappa shape index (κ1) is 21.9. The maximum absolute atomic E-state index is 12.6. The smallest absolute Gasteiger partial charge is 0.417 e. The molecule has 0 aliphatic rings. The fraction of sp³-hybridized carbons (Fsp3) is 0.118. The number of non-ortho nitro benzene ring substituents is 1. The lowest BCUT2D eigenvalue weighted by atomic mass is 10.1. The summed E-state index contributed by atoms with van der Waals surface area (Å²) in [6.07, 6.45) is -0.892. The van der Waals surface area contributed by atoms with Crippen molar-refractivity contribution in [3.63, 3.8) is 0 Å². The molecule has 0 aromatic heterocycles. The fourth-order valence-corrected chi connectivity index (χ4v) is 2.44. The first-order valence-electron chi connectivity index (χ1n) is 7.76. The lowest BCUT2D eigenvalue weighted by molar-refractivity contribution is -0.384. The second-order valence-corrected chi connectivity index (χ2v) is 6.32. The number of halogens is 2. The zero-order valence-corrected chi connectivity index (χ0v) is 16.3. The van der Waals surface area contributed by atoms with Gasteiger partial charge in [0.1, 0.15) is 5.75 Å². The topological polar surface area (TPSA) is 128 Å². The van der Waals surface area contributed by atoms with Crippen molar-refractivity contribution in [3.05, 3.63) is 62.1 Å². The van der Waals surface area contributed by atoms with E-state index in [1.54, 1.807) is 0 Å². The van der Waals surface area contributed by atoms with Crippen LogP contribution in [0.1, 0.15) is 10.4 Å². The normalized spacial score (nSPS) is 10.0. The van der Waals surface area contributed by atoms with Crippen LogP contribution in [0.4, 0.5) is 16.2 Å². The van der Waals surface area contributed by atoms with Crippen LogP contribution < -0.4 is 10.1 Å². The SMILES string of the molecule is CN(COC=O)C(=O)Oc1ccc(Cl)cc1C(=O)Nc1ccc([N+](=O)[O-])cc1Cl. The Balaban J connectivity index is 2.24. The lowest BCUT2D eigenvalue weighted by Crippen LogP contribution is -2.32. The maximum Gasteiger partial charge on any atom is 0.417 e. The number of ether oxygens (including phenoxy) is 2. The molecule has 10 nitrogen and oxygen atoms in total. The van der Waals surface area contributed by atoms with Crippen LogP contribution in [-0.2, 0) is 9.53 Å². The van der Waals surface area contributed by atoms with E-state index in [0.29, 0.717) is 0 Å². The number of hydrogen-bond donors (Lipinski definition) is 1. The summed E-state index contributed by atoms with van der Waals surface area (Å²) in [6.45, 7) is -0.186. The highest BCUT2D eigenvalue weighted by atomic mass is 35.5. The van der Waals surface area contributed by atoms with Crippen LogP contribution in [0.2, 0.25) is 10.0 Å². The molecule has 0 aliphatic heterocycles. The molecule has 0 spiro atoms. The number of amides is 2. The van der Waals surface area contributed by atoms with Crippen molar-refractivity contribution in [2.24, 2.45) is 0 Å². The standard InChI is InChI=1S/C17H13Cl2N3O7/c1-21(8-28-9-23)17(25)29-15-5-2-10(18)6-12(15)16(24)20-14-4-3-11(22(26)27)7-13(14)19/h2-7,9H,8H2,1H3,(H,20,24). The third-order valence-electron chi connectivity index (χ3n) is 3.44. The highest BCUT2D eigenvalue weighted by Gasteiger charge is 2.20. The van der Waals surface area contributed by atoms with Crippen molar-refractivity contribution in [1.29, 1.82) is 0 Å².